The first-order valence-corrected chi connectivity index (χ1v) is 16.6. The van der Waals surface area contributed by atoms with Crippen LogP contribution in [0.25, 0.3) is 76.9 Å². The Hall–Kier alpha value is -6.58. The van der Waals surface area contributed by atoms with Gasteiger partial charge in [0, 0.05) is 27.4 Å². The molecule has 10 rings (SSSR count). The molecule has 0 bridgehead atoms. The summed E-state index contributed by atoms with van der Waals surface area (Å²) in [6.45, 7) is 0. The number of nitrogens with zero attached hydrogens (tertiary/aromatic N) is 1. The third-order valence-electron chi connectivity index (χ3n) is 9.68. The highest BCUT2D eigenvalue weighted by Crippen LogP contribution is 2.46. The van der Waals surface area contributed by atoms with Crippen molar-refractivity contribution in [2.24, 2.45) is 0 Å². The molecule has 49 heavy (non-hydrogen) atoms. The zero-order valence-corrected chi connectivity index (χ0v) is 26.5. The lowest BCUT2D eigenvalue weighted by molar-refractivity contribution is 0.668. The van der Waals surface area contributed by atoms with Crippen LogP contribution in [0.2, 0.25) is 0 Å². The molecule has 2 heterocycles. The molecule has 0 N–H and O–H groups in total. The lowest BCUT2D eigenvalue weighted by Gasteiger charge is -2.28. The first kappa shape index (κ1) is 27.5. The van der Waals surface area contributed by atoms with E-state index in [1.165, 1.54) is 21.9 Å². The van der Waals surface area contributed by atoms with Crippen LogP contribution in [0.4, 0.5) is 17.1 Å². The average Bonchev–Trinajstić information content (AvgIpc) is 3.74. The van der Waals surface area contributed by atoms with Gasteiger partial charge < -0.3 is 13.7 Å². The molecular formula is C46H29NO2. The number of anilines is 3. The van der Waals surface area contributed by atoms with Crippen molar-refractivity contribution in [3.05, 3.63) is 176 Å². The molecule has 0 aliphatic rings. The summed E-state index contributed by atoms with van der Waals surface area (Å²) in [5.74, 6) is 0. The molecule has 0 amide bonds. The zero-order chi connectivity index (χ0) is 32.3. The summed E-state index contributed by atoms with van der Waals surface area (Å²) in [5.41, 5.74) is 11.3. The summed E-state index contributed by atoms with van der Waals surface area (Å²) >= 11 is 0. The number of hydrogen-bond acceptors (Lipinski definition) is 3. The highest BCUT2D eigenvalue weighted by Gasteiger charge is 2.22. The van der Waals surface area contributed by atoms with Gasteiger partial charge in [-0.05, 0) is 82.1 Å². The Morgan fingerprint density at radius 1 is 0.347 bits per heavy atom. The molecule has 3 heteroatoms. The van der Waals surface area contributed by atoms with E-state index in [0.29, 0.717) is 0 Å². The topological polar surface area (TPSA) is 29.5 Å². The van der Waals surface area contributed by atoms with E-state index in [9.17, 15) is 0 Å². The third kappa shape index (κ3) is 4.44. The van der Waals surface area contributed by atoms with E-state index in [0.717, 1.165) is 72.1 Å². The van der Waals surface area contributed by atoms with E-state index in [2.05, 4.69) is 157 Å². The van der Waals surface area contributed by atoms with Crippen LogP contribution in [0.1, 0.15) is 0 Å². The van der Waals surface area contributed by atoms with Crippen molar-refractivity contribution < 1.29 is 8.83 Å². The normalized spacial score (nSPS) is 11.7. The Balaban J connectivity index is 1.19. The summed E-state index contributed by atoms with van der Waals surface area (Å²) < 4.78 is 12.7. The quantitative estimate of drug-likeness (QED) is 0.190. The molecule has 0 aliphatic carbocycles. The van der Waals surface area contributed by atoms with Crippen molar-refractivity contribution >= 4 is 71.7 Å². The minimum Gasteiger partial charge on any atom is -0.456 e. The fourth-order valence-electron chi connectivity index (χ4n) is 7.42. The van der Waals surface area contributed by atoms with Crippen LogP contribution in [0.15, 0.2) is 185 Å². The first-order chi connectivity index (χ1) is 24.3. The number of hydrogen-bond donors (Lipinski definition) is 0. The minimum absolute atomic E-state index is 0.859. The monoisotopic (exact) mass is 627 g/mol. The fraction of sp³-hybridized carbons (Fsp3) is 0. The maximum absolute atomic E-state index is 6.39. The summed E-state index contributed by atoms with van der Waals surface area (Å²) in [6.07, 6.45) is 0. The molecule has 0 spiro atoms. The molecule has 0 fully saturated rings. The molecule has 8 aromatic carbocycles. The van der Waals surface area contributed by atoms with Gasteiger partial charge in [-0.2, -0.15) is 0 Å². The van der Waals surface area contributed by atoms with E-state index in [1.54, 1.807) is 0 Å². The van der Waals surface area contributed by atoms with Crippen LogP contribution in [0.3, 0.4) is 0 Å². The van der Waals surface area contributed by atoms with Gasteiger partial charge in [0.15, 0.2) is 0 Å². The van der Waals surface area contributed by atoms with E-state index < -0.39 is 0 Å². The van der Waals surface area contributed by atoms with Gasteiger partial charge in [0.2, 0.25) is 0 Å². The molecule has 0 saturated heterocycles. The second kappa shape index (κ2) is 11.0. The average molecular weight is 628 g/mol. The maximum atomic E-state index is 6.39. The van der Waals surface area contributed by atoms with Crippen molar-refractivity contribution in [3.63, 3.8) is 0 Å². The molecule has 0 radical (unpaired) electrons. The van der Waals surface area contributed by atoms with Crippen molar-refractivity contribution in [3.8, 4) is 22.3 Å². The molecular weight excluding hydrogens is 599 g/mol. The van der Waals surface area contributed by atoms with Gasteiger partial charge in [-0.15, -0.1) is 0 Å². The number of para-hydroxylation sites is 3. The minimum atomic E-state index is 0.859. The van der Waals surface area contributed by atoms with E-state index in [4.69, 9.17) is 8.83 Å². The predicted octanol–water partition coefficient (Wildman–Crippen LogP) is 13.4. The molecule has 2 aromatic heterocycles. The summed E-state index contributed by atoms with van der Waals surface area (Å²) in [6, 6.07) is 62.1. The number of fused-ring (bicyclic) bond motifs is 7. The molecule has 0 aliphatic heterocycles. The summed E-state index contributed by atoms with van der Waals surface area (Å²) in [5, 5.41) is 6.90. The number of benzene rings is 8. The largest absolute Gasteiger partial charge is 0.456 e. The SMILES string of the molecule is c1ccc(N(c2ccc(-c3cccc4ccccc34)cc2)c2cccc3oc4ccccc4c23)c(-c2ccc3c(c2)oc2ccccc23)c1. The third-order valence-corrected chi connectivity index (χ3v) is 9.68. The van der Waals surface area contributed by atoms with Crippen molar-refractivity contribution in [1.82, 2.24) is 0 Å². The number of rotatable bonds is 5. The first-order valence-electron chi connectivity index (χ1n) is 16.6. The Bertz CT molecular complexity index is 2830. The van der Waals surface area contributed by atoms with Crippen LogP contribution in [0, 0.1) is 0 Å². The van der Waals surface area contributed by atoms with Gasteiger partial charge in [0.05, 0.1) is 16.8 Å². The Morgan fingerprint density at radius 2 is 0.918 bits per heavy atom. The Morgan fingerprint density at radius 3 is 1.80 bits per heavy atom. The standard InChI is InChI=1S/C46H29NO2/c1-2-13-34-30(11-1)12-9-17-35(34)31-23-26-33(27-24-31)47(41-19-10-22-44-46(41)39-16-5-8-21-43(39)48-44)40-18-6-3-14-36(40)32-25-28-38-37-15-4-7-20-42(37)49-45(38)29-32/h1-29H. The van der Waals surface area contributed by atoms with Crippen LogP contribution in [0.5, 0.6) is 0 Å². The van der Waals surface area contributed by atoms with Crippen LogP contribution in [-0.4, -0.2) is 0 Å². The van der Waals surface area contributed by atoms with E-state index >= 15 is 0 Å². The van der Waals surface area contributed by atoms with Gasteiger partial charge in [0.1, 0.15) is 22.3 Å². The lowest BCUT2D eigenvalue weighted by atomic mass is 9.97. The van der Waals surface area contributed by atoms with Gasteiger partial charge in [0.25, 0.3) is 0 Å². The zero-order valence-electron chi connectivity index (χ0n) is 26.5. The van der Waals surface area contributed by atoms with Crippen LogP contribution in [-0.2, 0) is 0 Å². The van der Waals surface area contributed by atoms with Crippen molar-refractivity contribution in [2.45, 2.75) is 0 Å². The smallest absolute Gasteiger partial charge is 0.137 e. The fourth-order valence-corrected chi connectivity index (χ4v) is 7.42. The second-order valence-electron chi connectivity index (χ2n) is 12.5. The van der Waals surface area contributed by atoms with E-state index in [1.807, 2.05) is 24.3 Å². The Kier molecular flexibility index (Phi) is 6.18. The molecule has 0 saturated carbocycles. The van der Waals surface area contributed by atoms with Gasteiger partial charge in [-0.3, -0.25) is 0 Å². The highest BCUT2D eigenvalue weighted by molar-refractivity contribution is 6.14. The Labute approximate surface area is 282 Å². The predicted molar refractivity (Wildman–Crippen MR) is 204 cm³/mol. The second-order valence-corrected chi connectivity index (χ2v) is 12.5. The molecule has 10 aromatic rings. The van der Waals surface area contributed by atoms with Gasteiger partial charge >= 0.3 is 0 Å². The highest BCUT2D eigenvalue weighted by atomic mass is 16.3. The molecule has 230 valence electrons. The van der Waals surface area contributed by atoms with Crippen LogP contribution >= 0.6 is 0 Å². The van der Waals surface area contributed by atoms with Crippen molar-refractivity contribution in [1.29, 1.82) is 0 Å². The number of furan rings is 2. The summed E-state index contributed by atoms with van der Waals surface area (Å²) in [7, 11) is 0. The van der Waals surface area contributed by atoms with E-state index in [-0.39, 0.29) is 0 Å². The molecule has 3 nitrogen and oxygen atoms in total. The van der Waals surface area contributed by atoms with Gasteiger partial charge in [-0.1, -0.05) is 121 Å². The molecule has 0 unspecified atom stereocenters. The maximum Gasteiger partial charge on any atom is 0.137 e. The van der Waals surface area contributed by atoms with Crippen LogP contribution < -0.4 is 4.90 Å². The summed E-state index contributed by atoms with van der Waals surface area (Å²) in [4.78, 5) is 2.37. The van der Waals surface area contributed by atoms with Gasteiger partial charge in [-0.25, -0.2) is 0 Å². The molecule has 0 atom stereocenters. The van der Waals surface area contributed by atoms with Crippen molar-refractivity contribution in [2.75, 3.05) is 4.90 Å². The lowest BCUT2D eigenvalue weighted by Crippen LogP contribution is -2.11.